The molecule has 0 radical (unpaired) electrons. The fourth-order valence-electron chi connectivity index (χ4n) is 1.71. The lowest BCUT2D eigenvalue weighted by molar-refractivity contribution is -0.139. The standard InChI is InChI=1S/C9H10BrF3O2/c1-8(2)4(6(8)7(14)15)3-5(10)9(11,12)13/h3-4,6H,1-2H3,(H,14,15)/b5-3-/t4-,6-/m1/s1. The van der Waals surface area contributed by atoms with Crippen molar-refractivity contribution in [3.63, 3.8) is 0 Å². The Morgan fingerprint density at radius 1 is 1.47 bits per heavy atom. The summed E-state index contributed by atoms with van der Waals surface area (Å²) in [5.41, 5.74) is -0.601. The number of halogens is 4. The van der Waals surface area contributed by atoms with E-state index in [1.54, 1.807) is 13.8 Å². The molecule has 0 heterocycles. The number of alkyl halides is 3. The fraction of sp³-hybridized carbons (Fsp3) is 0.667. The van der Waals surface area contributed by atoms with Gasteiger partial charge in [0.15, 0.2) is 0 Å². The van der Waals surface area contributed by atoms with Gasteiger partial charge in [0.2, 0.25) is 0 Å². The van der Waals surface area contributed by atoms with Gasteiger partial charge in [-0.2, -0.15) is 13.2 Å². The normalized spacial score (nSPS) is 30.1. The average molecular weight is 287 g/mol. The second kappa shape index (κ2) is 3.50. The Bertz CT molecular complexity index is 320. The molecule has 1 aliphatic carbocycles. The van der Waals surface area contributed by atoms with Gasteiger partial charge in [-0.1, -0.05) is 19.9 Å². The van der Waals surface area contributed by atoms with E-state index in [1.807, 2.05) is 0 Å². The number of carboxylic acids is 1. The minimum absolute atomic E-state index is 0.564. The zero-order chi connectivity index (χ0) is 12.0. The van der Waals surface area contributed by atoms with E-state index in [0.29, 0.717) is 0 Å². The van der Waals surface area contributed by atoms with E-state index >= 15 is 0 Å². The van der Waals surface area contributed by atoms with Crippen LogP contribution in [0.3, 0.4) is 0 Å². The maximum Gasteiger partial charge on any atom is 0.422 e. The topological polar surface area (TPSA) is 37.3 Å². The molecule has 1 aliphatic rings. The Labute approximate surface area is 93.3 Å². The van der Waals surface area contributed by atoms with Gasteiger partial charge in [-0.15, -0.1) is 0 Å². The summed E-state index contributed by atoms with van der Waals surface area (Å²) in [6, 6.07) is 0. The van der Waals surface area contributed by atoms with Crippen LogP contribution < -0.4 is 0 Å². The summed E-state index contributed by atoms with van der Waals surface area (Å²) in [5, 5.41) is 8.75. The van der Waals surface area contributed by atoms with E-state index in [-0.39, 0.29) is 0 Å². The lowest BCUT2D eigenvalue weighted by Gasteiger charge is -2.04. The van der Waals surface area contributed by atoms with Crippen molar-refractivity contribution in [2.24, 2.45) is 17.3 Å². The van der Waals surface area contributed by atoms with Crippen molar-refractivity contribution in [1.82, 2.24) is 0 Å². The van der Waals surface area contributed by atoms with E-state index in [4.69, 9.17) is 5.11 Å². The minimum atomic E-state index is -4.44. The molecule has 86 valence electrons. The van der Waals surface area contributed by atoms with Crippen molar-refractivity contribution in [3.05, 3.63) is 10.6 Å². The zero-order valence-corrected chi connectivity index (χ0v) is 9.69. The van der Waals surface area contributed by atoms with Gasteiger partial charge < -0.3 is 5.11 Å². The van der Waals surface area contributed by atoms with Gasteiger partial charge in [-0.05, 0) is 27.3 Å². The number of carboxylic acid groups (broad SMARTS) is 1. The molecule has 2 atom stereocenters. The lowest BCUT2D eigenvalue weighted by Crippen LogP contribution is -2.07. The highest BCUT2D eigenvalue weighted by molar-refractivity contribution is 9.11. The number of aliphatic carboxylic acids is 1. The SMILES string of the molecule is CC1(C)[C@H](/C=C(\Br)C(F)(F)F)[C@@H]1C(=O)O. The molecular weight excluding hydrogens is 277 g/mol. The Morgan fingerprint density at radius 3 is 2.20 bits per heavy atom. The second-order valence-corrected chi connectivity index (χ2v) is 5.03. The smallest absolute Gasteiger partial charge is 0.422 e. The van der Waals surface area contributed by atoms with Crippen LogP contribution in [-0.2, 0) is 4.79 Å². The largest absolute Gasteiger partial charge is 0.481 e. The summed E-state index contributed by atoms with van der Waals surface area (Å²) < 4.78 is 35.6. The van der Waals surface area contributed by atoms with Crippen molar-refractivity contribution >= 4 is 21.9 Å². The maximum absolute atomic E-state index is 12.2. The predicted octanol–water partition coefficient (Wildman–Crippen LogP) is 3.18. The lowest BCUT2D eigenvalue weighted by atomic mass is 10.1. The average Bonchev–Trinajstić information content (AvgIpc) is 2.50. The molecule has 6 heteroatoms. The van der Waals surface area contributed by atoms with Gasteiger partial charge in [0.1, 0.15) is 0 Å². The van der Waals surface area contributed by atoms with Crippen molar-refractivity contribution < 1.29 is 23.1 Å². The van der Waals surface area contributed by atoms with Crippen LogP contribution in [-0.4, -0.2) is 17.3 Å². The molecule has 0 aliphatic heterocycles. The Morgan fingerprint density at radius 2 is 1.93 bits per heavy atom. The van der Waals surface area contributed by atoms with Crippen LogP contribution in [0.1, 0.15) is 13.8 Å². The van der Waals surface area contributed by atoms with Gasteiger partial charge in [0.25, 0.3) is 0 Å². The van der Waals surface area contributed by atoms with E-state index in [1.165, 1.54) is 0 Å². The van der Waals surface area contributed by atoms with E-state index < -0.39 is 33.9 Å². The summed E-state index contributed by atoms with van der Waals surface area (Å²) in [5.74, 6) is -2.35. The number of hydrogen-bond acceptors (Lipinski definition) is 1. The molecule has 2 nitrogen and oxygen atoms in total. The Hall–Kier alpha value is -0.520. The van der Waals surface area contributed by atoms with Gasteiger partial charge in [-0.3, -0.25) is 4.79 Å². The predicted molar refractivity (Wildman–Crippen MR) is 51.5 cm³/mol. The summed E-state index contributed by atoms with van der Waals surface area (Å²) in [4.78, 5) is 10.7. The van der Waals surface area contributed by atoms with Crippen molar-refractivity contribution in [2.45, 2.75) is 20.0 Å². The van der Waals surface area contributed by atoms with E-state index in [0.717, 1.165) is 6.08 Å². The van der Waals surface area contributed by atoms with Crippen molar-refractivity contribution in [3.8, 4) is 0 Å². The molecule has 0 aromatic rings. The monoisotopic (exact) mass is 286 g/mol. The second-order valence-electron chi connectivity index (χ2n) is 4.18. The van der Waals surface area contributed by atoms with Crippen LogP contribution in [0.4, 0.5) is 13.2 Å². The first-order valence-corrected chi connectivity index (χ1v) is 5.05. The van der Waals surface area contributed by atoms with Crippen molar-refractivity contribution in [1.29, 1.82) is 0 Å². The molecular formula is C9H10BrF3O2. The third-order valence-electron chi connectivity index (χ3n) is 2.77. The van der Waals surface area contributed by atoms with Crippen LogP contribution in [0.5, 0.6) is 0 Å². The third kappa shape index (κ3) is 2.35. The molecule has 1 N–H and O–H groups in total. The first-order valence-electron chi connectivity index (χ1n) is 4.26. The Balaban J connectivity index is 2.83. The first-order chi connectivity index (χ1) is 6.58. The van der Waals surface area contributed by atoms with Crippen LogP contribution in [0.25, 0.3) is 0 Å². The molecule has 1 fully saturated rings. The molecule has 0 unspecified atom stereocenters. The van der Waals surface area contributed by atoms with Gasteiger partial charge >= 0.3 is 12.1 Å². The van der Waals surface area contributed by atoms with Crippen LogP contribution in [0.2, 0.25) is 0 Å². The van der Waals surface area contributed by atoms with Crippen LogP contribution in [0.15, 0.2) is 10.6 Å². The number of allylic oxidation sites excluding steroid dienone is 2. The first kappa shape index (κ1) is 12.5. The molecule has 0 aromatic carbocycles. The molecule has 0 aromatic heterocycles. The third-order valence-corrected chi connectivity index (χ3v) is 3.49. The number of rotatable bonds is 2. The zero-order valence-electron chi connectivity index (χ0n) is 8.10. The highest BCUT2D eigenvalue weighted by atomic mass is 79.9. The summed E-state index contributed by atoms with van der Waals surface area (Å²) >= 11 is 2.41. The molecule has 15 heavy (non-hydrogen) atoms. The quantitative estimate of drug-likeness (QED) is 0.847. The molecule has 1 rings (SSSR count). The van der Waals surface area contributed by atoms with Crippen molar-refractivity contribution in [2.75, 3.05) is 0 Å². The number of carbonyl (C=O) groups is 1. The van der Waals surface area contributed by atoms with Crippen LogP contribution in [0, 0.1) is 17.3 Å². The Kier molecular flexibility index (Phi) is 2.93. The maximum atomic E-state index is 12.2. The van der Waals surface area contributed by atoms with Gasteiger partial charge in [-0.25, -0.2) is 0 Å². The summed E-state index contributed by atoms with van der Waals surface area (Å²) in [6.45, 7) is 3.28. The summed E-state index contributed by atoms with van der Waals surface area (Å²) in [7, 11) is 0. The van der Waals surface area contributed by atoms with Gasteiger partial charge in [0, 0.05) is 0 Å². The molecule has 0 saturated heterocycles. The molecule has 0 bridgehead atoms. The molecule has 0 amide bonds. The van der Waals surface area contributed by atoms with E-state index in [2.05, 4.69) is 15.9 Å². The minimum Gasteiger partial charge on any atom is -0.481 e. The van der Waals surface area contributed by atoms with Crippen LogP contribution >= 0.6 is 15.9 Å². The fourth-order valence-corrected chi connectivity index (χ4v) is 2.00. The highest BCUT2D eigenvalue weighted by Gasteiger charge is 2.61. The number of hydrogen-bond donors (Lipinski definition) is 1. The summed E-state index contributed by atoms with van der Waals surface area (Å²) in [6.07, 6.45) is -3.50. The highest BCUT2D eigenvalue weighted by Crippen LogP contribution is 2.60. The molecule has 0 spiro atoms. The molecule has 1 saturated carbocycles. The van der Waals surface area contributed by atoms with Gasteiger partial charge in [0.05, 0.1) is 10.4 Å². The van der Waals surface area contributed by atoms with E-state index in [9.17, 15) is 18.0 Å².